The van der Waals surface area contributed by atoms with E-state index >= 15 is 0 Å². The van der Waals surface area contributed by atoms with Gasteiger partial charge in [-0.15, -0.1) is 0 Å². The average Bonchev–Trinajstić information content (AvgIpc) is 3.67. The van der Waals surface area contributed by atoms with Gasteiger partial charge in [-0.3, -0.25) is 0 Å². The number of hydrogen-bond donors (Lipinski definition) is 0. The predicted molar refractivity (Wildman–Crippen MR) is 176 cm³/mol. The lowest BCUT2D eigenvalue weighted by atomic mass is 9.81. The van der Waals surface area contributed by atoms with Gasteiger partial charge in [0.05, 0.1) is 34.4 Å². The minimum Gasteiger partial charge on any atom is -0.456 e. The third kappa shape index (κ3) is 3.86. The molecule has 6 nitrogen and oxygen atoms in total. The van der Waals surface area contributed by atoms with Gasteiger partial charge in [-0.2, -0.15) is 21.0 Å². The van der Waals surface area contributed by atoms with Gasteiger partial charge in [0.25, 0.3) is 0 Å². The fourth-order valence-electron chi connectivity index (χ4n) is 6.42. The zero-order valence-corrected chi connectivity index (χ0v) is 24.0. The number of para-hydroxylation sites is 2. The molecule has 2 heterocycles. The molecule has 0 atom stereocenters. The minimum absolute atomic E-state index is 0.196. The van der Waals surface area contributed by atoms with Crippen molar-refractivity contribution in [3.05, 3.63) is 131 Å². The lowest BCUT2D eigenvalue weighted by molar-refractivity contribution is 0.668. The summed E-state index contributed by atoms with van der Waals surface area (Å²) in [5.74, 6) is 0. The first-order chi connectivity index (χ1) is 22.6. The number of nitriles is 4. The highest BCUT2D eigenvalue weighted by Crippen LogP contribution is 2.44. The zero-order valence-electron chi connectivity index (χ0n) is 24.0. The van der Waals surface area contributed by atoms with Gasteiger partial charge in [-0.1, -0.05) is 54.6 Å². The van der Waals surface area contributed by atoms with Crippen LogP contribution < -0.4 is 0 Å². The molecule has 6 aromatic carbocycles. The maximum Gasteiger partial charge on any atom is 0.135 e. The van der Waals surface area contributed by atoms with E-state index in [9.17, 15) is 21.0 Å². The van der Waals surface area contributed by atoms with Crippen molar-refractivity contribution in [3.8, 4) is 57.7 Å². The molecule has 0 spiro atoms. The summed E-state index contributed by atoms with van der Waals surface area (Å²) in [5.41, 5.74) is 6.78. The Morgan fingerprint density at radius 2 is 0.848 bits per heavy atom. The van der Waals surface area contributed by atoms with Crippen molar-refractivity contribution in [1.82, 2.24) is 0 Å². The van der Waals surface area contributed by atoms with Crippen LogP contribution in [0, 0.1) is 45.3 Å². The average molecular weight is 587 g/mol. The molecule has 0 bridgehead atoms. The monoisotopic (exact) mass is 586 g/mol. The van der Waals surface area contributed by atoms with Crippen LogP contribution in [-0.2, 0) is 0 Å². The normalized spacial score (nSPS) is 11.0. The van der Waals surface area contributed by atoms with Crippen molar-refractivity contribution in [1.29, 1.82) is 21.0 Å². The first kappa shape index (κ1) is 26.5. The van der Waals surface area contributed by atoms with Crippen LogP contribution in [0.25, 0.3) is 77.3 Å². The van der Waals surface area contributed by atoms with E-state index in [1.807, 2.05) is 91.0 Å². The van der Waals surface area contributed by atoms with Crippen LogP contribution in [-0.4, -0.2) is 0 Å². The highest BCUT2D eigenvalue weighted by atomic mass is 16.3. The van der Waals surface area contributed by atoms with E-state index in [1.54, 1.807) is 18.2 Å². The third-order valence-electron chi connectivity index (χ3n) is 8.48. The molecule has 2 aromatic heterocycles. The van der Waals surface area contributed by atoms with Crippen LogP contribution in [0.5, 0.6) is 0 Å². The van der Waals surface area contributed by atoms with Crippen LogP contribution in [0.3, 0.4) is 0 Å². The molecule has 210 valence electrons. The number of rotatable bonds is 3. The minimum atomic E-state index is 0.196. The van der Waals surface area contributed by atoms with Gasteiger partial charge >= 0.3 is 0 Å². The highest BCUT2D eigenvalue weighted by Gasteiger charge is 2.26. The number of furan rings is 2. The second-order valence-corrected chi connectivity index (χ2v) is 10.9. The molecule has 8 rings (SSSR count). The second-order valence-electron chi connectivity index (χ2n) is 10.9. The Labute approximate surface area is 262 Å². The van der Waals surface area contributed by atoms with E-state index in [0.29, 0.717) is 22.3 Å². The van der Waals surface area contributed by atoms with E-state index in [0.717, 1.165) is 43.8 Å². The molecule has 46 heavy (non-hydrogen) atoms. The number of nitrogens with zero attached hydrogens (tertiary/aromatic N) is 4. The molecule has 0 aliphatic carbocycles. The Morgan fingerprint density at radius 1 is 0.391 bits per heavy atom. The summed E-state index contributed by atoms with van der Waals surface area (Å²) in [4.78, 5) is 0. The van der Waals surface area contributed by atoms with Gasteiger partial charge in [0.1, 0.15) is 34.5 Å². The van der Waals surface area contributed by atoms with Gasteiger partial charge in [0.2, 0.25) is 0 Å². The smallest absolute Gasteiger partial charge is 0.135 e. The lowest BCUT2D eigenvalue weighted by Crippen LogP contribution is -2.01. The summed E-state index contributed by atoms with van der Waals surface area (Å²) in [7, 11) is 0. The maximum absolute atomic E-state index is 10.8. The summed E-state index contributed by atoms with van der Waals surface area (Å²) in [5, 5.41) is 45.4. The van der Waals surface area contributed by atoms with Crippen LogP contribution >= 0.6 is 0 Å². The second kappa shape index (κ2) is 10.3. The van der Waals surface area contributed by atoms with E-state index in [1.165, 1.54) is 0 Å². The SMILES string of the molecule is N#Cc1cccc(C#N)c1-c1c(C#N)c(-c2ccc3oc4ccccc4c3c2)cc(-c2ccc3oc4ccccc4c3c2)c1C#N. The van der Waals surface area contributed by atoms with Crippen molar-refractivity contribution in [2.24, 2.45) is 0 Å². The standard InChI is InChI=1S/C40H18N4O2/c41-19-25-6-5-7-26(20-42)39(25)40-33(21-43)29(23-12-14-37-31(16-23)27-8-1-3-10-35(27)45-37)18-30(34(40)22-44)24-13-15-38-32(17-24)28-9-2-4-11-36(28)46-38/h1-18H. The Balaban J connectivity index is 1.51. The van der Waals surface area contributed by atoms with Gasteiger partial charge < -0.3 is 8.83 Å². The fourth-order valence-corrected chi connectivity index (χ4v) is 6.42. The Morgan fingerprint density at radius 3 is 1.30 bits per heavy atom. The molecular weight excluding hydrogens is 568 g/mol. The molecule has 0 aliphatic heterocycles. The largest absolute Gasteiger partial charge is 0.456 e. The fraction of sp³-hybridized carbons (Fsp3) is 0. The van der Waals surface area contributed by atoms with E-state index in [2.05, 4.69) is 24.3 Å². The Kier molecular flexibility index (Phi) is 5.91. The van der Waals surface area contributed by atoms with Crippen molar-refractivity contribution in [2.45, 2.75) is 0 Å². The Hall–Kier alpha value is -7.12. The van der Waals surface area contributed by atoms with Crippen LogP contribution in [0.4, 0.5) is 0 Å². The molecule has 0 aliphatic rings. The van der Waals surface area contributed by atoms with Crippen molar-refractivity contribution < 1.29 is 8.83 Å². The lowest BCUT2D eigenvalue weighted by Gasteiger charge is -2.18. The predicted octanol–water partition coefficient (Wildman–Crippen LogP) is 9.97. The first-order valence-electron chi connectivity index (χ1n) is 14.4. The molecule has 8 aromatic rings. The van der Waals surface area contributed by atoms with Crippen LogP contribution in [0.1, 0.15) is 22.3 Å². The zero-order chi connectivity index (χ0) is 31.4. The van der Waals surface area contributed by atoms with Crippen molar-refractivity contribution in [2.75, 3.05) is 0 Å². The van der Waals surface area contributed by atoms with Gasteiger partial charge in [-0.25, -0.2) is 0 Å². The van der Waals surface area contributed by atoms with Gasteiger partial charge in [-0.05, 0) is 65.7 Å². The molecule has 0 N–H and O–H groups in total. The molecule has 0 radical (unpaired) electrons. The Bertz CT molecular complexity index is 2570. The summed E-state index contributed by atoms with van der Waals surface area (Å²) >= 11 is 0. The summed E-state index contributed by atoms with van der Waals surface area (Å²) < 4.78 is 12.1. The van der Waals surface area contributed by atoms with E-state index < -0.39 is 0 Å². The summed E-state index contributed by atoms with van der Waals surface area (Å²) in [6, 6.07) is 42.7. The van der Waals surface area contributed by atoms with Gasteiger partial charge in [0, 0.05) is 43.8 Å². The highest BCUT2D eigenvalue weighted by molar-refractivity contribution is 6.08. The van der Waals surface area contributed by atoms with Gasteiger partial charge in [0.15, 0.2) is 0 Å². The summed E-state index contributed by atoms with van der Waals surface area (Å²) in [6.07, 6.45) is 0. The molecule has 0 amide bonds. The van der Waals surface area contributed by atoms with E-state index in [-0.39, 0.29) is 33.4 Å². The first-order valence-corrected chi connectivity index (χ1v) is 14.4. The number of fused-ring (bicyclic) bond motifs is 6. The molecule has 0 fully saturated rings. The quantitative estimate of drug-likeness (QED) is 0.203. The summed E-state index contributed by atoms with van der Waals surface area (Å²) in [6.45, 7) is 0. The van der Waals surface area contributed by atoms with Crippen LogP contribution in [0.15, 0.2) is 118 Å². The molecular formula is C40H18N4O2. The molecule has 6 heteroatoms. The number of benzene rings is 6. The van der Waals surface area contributed by atoms with E-state index in [4.69, 9.17) is 8.83 Å². The molecule has 0 saturated carbocycles. The van der Waals surface area contributed by atoms with Crippen LogP contribution in [0.2, 0.25) is 0 Å². The van der Waals surface area contributed by atoms with Crippen molar-refractivity contribution in [3.63, 3.8) is 0 Å². The molecule has 0 saturated heterocycles. The molecule has 0 unspecified atom stereocenters. The topological polar surface area (TPSA) is 121 Å². The van der Waals surface area contributed by atoms with Crippen molar-refractivity contribution >= 4 is 43.9 Å². The third-order valence-corrected chi connectivity index (χ3v) is 8.48. The number of hydrogen-bond acceptors (Lipinski definition) is 6. The maximum atomic E-state index is 10.8.